The number of thioether (sulfide) groups is 6. The molecule has 7 aromatic carbocycles. The SMILES string of the molecule is COC(=O)[C@@H](N)CCBr.COC(=O)[C@H](CCBr)NC(=O)OC(C)(C)C.COc1ccc(CCl)cc1.COc1ccc(CSCCN)cc1.COc1ccc(CSCCNC(=O)CCl)cc1.COc1ccc(CSCCNCC(=O)NCCSCc2ccc(OC)cc2)cc1.COc1ccc(CSCCNCCNCCSCc2ccc(OC)cc2)cc1.C[O-].NCCS.N[C@@H](CCBr)C(=O)O.O=BC#CO.[AlH3].[H-].[Li+].[Na+]. The summed E-state index contributed by atoms with van der Waals surface area (Å²) in [7, 11) is 15.4. The molecule has 0 saturated carbocycles. The molecular weight excluding hydrogens is 2240 g/mol. The maximum atomic E-state index is 11.8. The third-order valence-electron chi connectivity index (χ3n) is 16.9. The minimum atomic E-state index is -0.940. The molecule has 0 unspecified atom stereocenters. The number of carboxylic acids is 1. The number of esters is 2. The van der Waals surface area contributed by atoms with E-state index in [0.717, 1.165) is 172 Å². The number of hydrogen-bond acceptors (Lipinski definition) is 33. The van der Waals surface area contributed by atoms with Crippen molar-refractivity contribution < 1.29 is 146 Å². The Labute approximate surface area is 969 Å². The Kier molecular flexibility index (Phi) is 116. The van der Waals surface area contributed by atoms with Crippen LogP contribution < -0.4 is 142 Å². The first kappa shape index (κ1) is 152. The number of aliphatic carboxylic acids is 1. The number of carbonyl (C=O) groups is 6. The zero-order chi connectivity index (χ0) is 106. The molecule has 0 aliphatic carbocycles. The van der Waals surface area contributed by atoms with Gasteiger partial charge in [-0.05, 0) is 164 Å². The Morgan fingerprint density at radius 3 is 0.958 bits per heavy atom. The van der Waals surface area contributed by atoms with Crippen molar-refractivity contribution >= 4 is 215 Å². The first-order chi connectivity index (χ1) is 68.0. The van der Waals surface area contributed by atoms with Crippen LogP contribution in [0.3, 0.4) is 0 Å². The van der Waals surface area contributed by atoms with E-state index in [0.29, 0.717) is 69.1 Å². The van der Waals surface area contributed by atoms with Gasteiger partial charge < -0.3 is 114 Å². The van der Waals surface area contributed by atoms with Crippen molar-refractivity contribution in [3.8, 4) is 52.2 Å². The summed E-state index contributed by atoms with van der Waals surface area (Å²) in [6.45, 7) is 13.4. The maximum absolute atomic E-state index is 11.8. The van der Waals surface area contributed by atoms with Gasteiger partial charge in [-0.1, -0.05) is 133 Å². The third kappa shape index (κ3) is 93.3. The number of aliphatic hydroxyl groups excluding tert-OH is 1. The van der Waals surface area contributed by atoms with E-state index in [1.807, 2.05) is 168 Å². The molecule has 0 radical (unpaired) electrons. The van der Waals surface area contributed by atoms with Crippen LogP contribution in [0.2, 0.25) is 0 Å². The number of benzene rings is 7. The molecule has 3 atom stereocenters. The number of amides is 3. The molecular formula is C98H153AlBBr3Cl2LiN10NaO20S7. The van der Waals surface area contributed by atoms with Crippen LogP contribution in [0.25, 0.3) is 0 Å². The summed E-state index contributed by atoms with van der Waals surface area (Å²) in [5.41, 5.74) is 29.1. The number of methoxy groups -OCH3 is 9. The number of rotatable bonds is 54. The normalized spacial score (nSPS) is 10.3. The molecule has 7 aromatic rings. The van der Waals surface area contributed by atoms with Crippen LogP contribution in [-0.4, -0.2) is 293 Å². The molecule has 0 spiro atoms. The van der Waals surface area contributed by atoms with Crippen LogP contribution in [-0.2, 0) is 83.3 Å². The van der Waals surface area contributed by atoms with Crippen molar-refractivity contribution in [1.82, 2.24) is 31.9 Å². The van der Waals surface area contributed by atoms with Gasteiger partial charge in [-0.25, -0.2) is 9.59 Å². The van der Waals surface area contributed by atoms with Gasteiger partial charge in [0.05, 0.1) is 70.5 Å². The summed E-state index contributed by atoms with van der Waals surface area (Å²) in [6.07, 6.45) is 2.33. The largest absolute Gasteiger partial charge is 1.00 e. The molecule has 7 rings (SSSR count). The van der Waals surface area contributed by atoms with E-state index >= 15 is 0 Å². The number of alkyl carbamates (subject to hydrolysis) is 1. The number of nitrogens with two attached hydrogens (primary N) is 4. The first-order valence-electron chi connectivity index (χ1n) is 44.3. The maximum Gasteiger partial charge on any atom is 1.00 e. The molecule has 46 heteroatoms. The van der Waals surface area contributed by atoms with Gasteiger partial charge >= 0.3 is 101 Å². The molecule has 3 amide bonds. The van der Waals surface area contributed by atoms with Gasteiger partial charge in [-0.2, -0.15) is 90.3 Å². The summed E-state index contributed by atoms with van der Waals surface area (Å²) < 4.78 is 58.8. The molecule has 16 N–H and O–H groups in total. The summed E-state index contributed by atoms with van der Waals surface area (Å²) in [6, 6.07) is 54.8. The number of thiol groups is 1. The van der Waals surface area contributed by atoms with Crippen molar-refractivity contribution in [1.29, 1.82) is 0 Å². The molecule has 30 nitrogen and oxygen atoms in total. The number of aliphatic hydroxyl groups is 1. The predicted molar refractivity (Wildman–Crippen MR) is 614 cm³/mol. The molecule has 0 saturated heterocycles. The summed E-state index contributed by atoms with van der Waals surface area (Å²) in [5.74, 6) is 19.5. The number of alkyl halides is 5. The molecule has 0 bridgehead atoms. The van der Waals surface area contributed by atoms with E-state index in [1.54, 1.807) is 88.1 Å². The standard InChI is InChI=1S/C22H30N2O3S2.C22H32N2O2S2.C12H16ClNO2S.C10H18BrNO4.C10H15NOS.C8H9ClO.C5H10BrNO2.C4H8BrNO2.C2HBO2.C2H7NS.CH3O.Al.Li.Na.4H/c1-26-20-7-3-18(4-8-20)16-28-13-11-23-15-22(25)24-12-14-29-17-19-5-9-21(27-2)10-6-19;1-25-21-7-3-19(4-8-21)17-27-15-13-23-11-12-24-14-16-28-18-20-5-9-22(26-2)10-6-20;1-16-11-4-2-10(3-5-11)9-17-7-6-14-12(15)8-13;1-10(2,3)16-9(14)12-7(5-6-11)8(13)15-4;1-12-10-4-2-9(3-5-10)8-13-7-6-11;1-10-8-4-2-7(6-9)3-5-8;1-9-5(8)4(7)2-3-6;5-2-1-3(6)4(7)8;4-2-1-3-5;3-1-2-4;1-2;;;;;;;/h3-10,23H,11-17H2,1-2H3,(H,24,25);3-10,23-24H,11-18H2,1-2H3;2-5H,6-9H2,1H3,(H,14,15);7H,5-6H2,1-4H3,(H,12,14);2-5H,6-8,11H2,1H3;2-5H,6H2,1H3;4H,2-3,7H2,1H3;3H,1-2,6H2,(H,7,8);4H;4H,1-3H2;1H3;;;;;;;/q;;;;;;;;;;-1;;2*+1;;;;-1/t;;;7-;;;4-;3-;;;;;;;;;;/m...0..00........../s1. The fraction of sp³-hybridized carbons (Fsp3) is 0.490. The van der Waals surface area contributed by atoms with Crippen LogP contribution in [0.15, 0.2) is 170 Å². The molecule has 0 aliphatic rings. The van der Waals surface area contributed by atoms with Crippen molar-refractivity contribution in [2.24, 2.45) is 22.9 Å². The van der Waals surface area contributed by atoms with E-state index in [4.69, 9.17) is 104 Å². The summed E-state index contributed by atoms with van der Waals surface area (Å²) >= 11 is 35.4. The molecule has 144 heavy (non-hydrogen) atoms. The van der Waals surface area contributed by atoms with Gasteiger partial charge in [0.1, 0.15) is 69.9 Å². The van der Waals surface area contributed by atoms with Crippen LogP contribution >= 0.6 is 154 Å². The molecule has 0 fully saturated rings. The molecule has 0 heterocycles. The third-order valence-corrected chi connectivity index (χ3v) is 25.3. The van der Waals surface area contributed by atoms with Crippen molar-refractivity contribution in [3.63, 3.8) is 0 Å². The van der Waals surface area contributed by atoms with E-state index in [2.05, 4.69) is 162 Å². The first-order valence-corrected chi connectivity index (χ1v) is 56.3. The Bertz CT molecular complexity index is 4210. The Balaban J connectivity index is -0.000000250. The van der Waals surface area contributed by atoms with Gasteiger partial charge in [0.2, 0.25) is 11.8 Å². The van der Waals surface area contributed by atoms with Gasteiger partial charge in [0.25, 0.3) is 0 Å². The number of halogens is 5. The minimum absolute atomic E-state index is 0. The topological polar surface area (TPSA) is 452 Å². The van der Waals surface area contributed by atoms with Gasteiger partial charge in [-0.3, -0.25) is 19.2 Å². The number of nitrogens with one attached hydrogen (secondary N) is 6. The fourth-order valence-electron chi connectivity index (χ4n) is 9.57. The van der Waals surface area contributed by atoms with E-state index in [1.165, 1.54) is 53.7 Å². The number of carbonyl (C=O) groups excluding carboxylic acids is 5. The minimum Gasteiger partial charge on any atom is -1.00 e. The van der Waals surface area contributed by atoms with E-state index in [-0.39, 0.29) is 90.9 Å². The second kappa shape index (κ2) is 109. The van der Waals surface area contributed by atoms with Crippen molar-refractivity contribution in [3.05, 3.63) is 209 Å². The van der Waals surface area contributed by atoms with Crippen LogP contribution in [0, 0.1) is 11.9 Å². The van der Waals surface area contributed by atoms with E-state index in [9.17, 15) is 28.8 Å². The monoisotopic (exact) mass is 2390 g/mol. The van der Waals surface area contributed by atoms with Gasteiger partial charge in [0, 0.05) is 156 Å². The average molecular weight is 2390 g/mol. The quantitative estimate of drug-likeness (QED) is 0.00331. The van der Waals surface area contributed by atoms with Crippen LogP contribution in [0.1, 0.15) is 80.4 Å². The van der Waals surface area contributed by atoms with Gasteiger partial charge in [0.15, 0.2) is 17.4 Å². The van der Waals surface area contributed by atoms with Gasteiger partial charge in [-0.15, -0.1) is 23.2 Å². The Hall–Kier alpha value is -4.74. The number of carboxylic acid groups (broad SMARTS) is 1. The number of hydrogen-bond donors (Lipinski definition) is 13. The molecule has 0 aromatic heterocycles. The summed E-state index contributed by atoms with van der Waals surface area (Å²) in [5, 5.41) is 44.2. The van der Waals surface area contributed by atoms with Crippen molar-refractivity contribution in [2.75, 3.05) is 199 Å². The summed E-state index contributed by atoms with van der Waals surface area (Å²) in [4.78, 5) is 65.9. The van der Waals surface area contributed by atoms with Crippen LogP contribution in [0.4, 0.5) is 4.79 Å². The Morgan fingerprint density at radius 2 is 0.729 bits per heavy atom. The van der Waals surface area contributed by atoms with Crippen LogP contribution in [0.5, 0.6) is 40.2 Å². The zero-order valence-electron chi connectivity index (χ0n) is 86.2. The predicted octanol–water partition coefficient (Wildman–Crippen LogP) is 7.64. The smallest absolute Gasteiger partial charge is 1.00 e. The fourth-order valence-corrected chi connectivity index (χ4v) is 16.2. The average Bonchev–Trinajstić information content (AvgIpc) is 0.913. The zero-order valence-corrected chi connectivity index (χ0v) is 99.3. The number of ether oxygens (including phenoxy) is 10. The molecule has 0 aliphatic heterocycles. The molecule has 800 valence electrons. The second-order valence-corrected chi connectivity index (χ2v) is 38.8. The van der Waals surface area contributed by atoms with E-state index < -0.39 is 41.8 Å². The second-order valence-electron chi connectivity index (χ2n) is 28.8. The van der Waals surface area contributed by atoms with Crippen molar-refractivity contribution in [2.45, 2.75) is 104 Å². The Morgan fingerprint density at radius 1 is 0.451 bits per heavy atom.